The molecular weight excluding hydrogens is 152 g/mol. The molecule has 0 aromatic heterocycles. The van der Waals surface area contributed by atoms with E-state index in [1.54, 1.807) is 7.11 Å². The summed E-state index contributed by atoms with van der Waals surface area (Å²) >= 11 is 0. The van der Waals surface area contributed by atoms with Crippen LogP contribution in [0.5, 0.6) is 11.5 Å². The second kappa shape index (κ2) is 2.70. The largest absolute Gasteiger partial charge is 0.497 e. The summed E-state index contributed by atoms with van der Waals surface area (Å²) in [4.78, 5) is 0. The highest BCUT2D eigenvalue weighted by Crippen LogP contribution is 2.32. The van der Waals surface area contributed by atoms with Gasteiger partial charge in [0.25, 0.3) is 0 Å². The number of hydrogen-bond donors (Lipinski definition) is 0. The summed E-state index contributed by atoms with van der Waals surface area (Å²) in [5.74, 6) is 1.88. The highest BCUT2D eigenvalue weighted by molar-refractivity contribution is 5.47. The van der Waals surface area contributed by atoms with Crippen LogP contribution in [0.2, 0.25) is 0 Å². The molecule has 0 unspecified atom stereocenters. The molecule has 0 radical (unpaired) electrons. The average molecular weight is 164 g/mol. The van der Waals surface area contributed by atoms with Crippen LogP contribution in [0.3, 0.4) is 0 Å². The molecule has 1 heterocycles. The van der Waals surface area contributed by atoms with Crippen molar-refractivity contribution in [1.29, 1.82) is 0 Å². The smallest absolute Gasteiger partial charge is 0.126 e. The van der Waals surface area contributed by atoms with Gasteiger partial charge < -0.3 is 9.47 Å². The van der Waals surface area contributed by atoms with Gasteiger partial charge in [0.05, 0.1) is 13.7 Å². The topological polar surface area (TPSA) is 18.5 Å². The van der Waals surface area contributed by atoms with E-state index in [9.17, 15) is 0 Å². The van der Waals surface area contributed by atoms with E-state index in [0.29, 0.717) is 0 Å². The summed E-state index contributed by atoms with van der Waals surface area (Å²) in [7, 11) is 1.68. The Morgan fingerprint density at radius 1 is 1.42 bits per heavy atom. The predicted molar refractivity (Wildman–Crippen MR) is 46.9 cm³/mol. The summed E-state index contributed by atoms with van der Waals surface area (Å²) in [6, 6.07) is 4.00. The maximum Gasteiger partial charge on any atom is 0.126 e. The lowest BCUT2D eigenvalue weighted by atomic mass is 10.1. The fourth-order valence-corrected chi connectivity index (χ4v) is 1.58. The zero-order valence-corrected chi connectivity index (χ0v) is 7.39. The first-order chi connectivity index (χ1) is 5.81. The van der Waals surface area contributed by atoms with Gasteiger partial charge in [0.1, 0.15) is 11.5 Å². The average Bonchev–Trinajstić information content (AvgIpc) is 2.52. The van der Waals surface area contributed by atoms with E-state index in [0.717, 1.165) is 24.5 Å². The minimum Gasteiger partial charge on any atom is -0.497 e. The van der Waals surface area contributed by atoms with Crippen LogP contribution in [0.4, 0.5) is 0 Å². The van der Waals surface area contributed by atoms with Gasteiger partial charge in [-0.2, -0.15) is 0 Å². The van der Waals surface area contributed by atoms with E-state index in [-0.39, 0.29) is 0 Å². The second-order valence-electron chi connectivity index (χ2n) is 3.02. The molecule has 0 atom stereocenters. The van der Waals surface area contributed by atoms with Crippen LogP contribution >= 0.6 is 0 Å². The Morgan fingerprint density at radius 3 is 3.00 bits per heavy atom. The fraction of sp³-hybridized carbons (Fsp3) is 0.400. The predicted octanol–water partition coefficient (Wildman–Crippen LogP) is 1.94. The van der Waals surface area contributed by atoms with Gasteiger partial charge in [-0.05, 0) is 18.6 Å². The zero-order chi connectivity index (χ0) is 8.55. The van der Waals surface area contributed by atoms with Crippen LogP contribution in [-0.4, -0.2) is 13.7 Å². The Bertz CT molecular complexity index is 305. The van der Waals surface area contributed by atoms with Gasteiger partial charge in [-0.1, -0.05) is 0 Å². The lowest BCUT2D eigenvalue weighted by Gasteiger charge is -2.05. The van der Waals surface area contributed by atoms with Crippen LogP contribution in [0.15, 0.2) is 12.1 Å². The molecule has 0 saturated carbocycles. The monoisotopic (exact) mass is 164 g/mol. The Kier molecular flexibility index (Phi) is 1.68. The zero-order valence-electron chi connectivity index (χ0n) is 7.39. The first-order valence-electron chi connectivity index (χ1n) is 4.11. The van der Waals surface area contributed by atoms with Gasteiger partial charge in [0.2, 0.25) is 0 Å². The van der Waals surface area contributed by atoms with E-state index in [4.69, 9.17) is 9.47 Å². The Labute approximate surface area is 72.1 Å². The maximum atomic E-state index is 5.44. The first-order valence-corrected chi connectivity index (χ1v) is 4.11. The van der Waals surface area contributed by atoms with Crippen LogP contribution in [0.1, 0.15) is 11.1 Å². The summed E-state index contributed by atoms with van der Waals surface area (Å²) < 4.78 is 10.6. The molecule has 1 aliphatic rings. The van der Waals surface area contributed by atoms with Crippen molar-refractivity contribution in [3.8, 4) is 11.5 Å². The molecule has 0 aliphatic carbocycles. The lowest BCUT2D eigenvalue weighted by molar-refractivity contribution is 0.352. The van der Waals surface area contributed by atoms with Gasteiger partial charge in [0.15, 0.2) is 0 Å². The van der Waals surface area contributed by atoms with Crippen LogP contribution in [-0.2, 0) is 6.42 Å². The lowest BCUT2D eigenvalue weighted by Crippen LogP contribution is -1.87. The van der Waals surface area contributed by atoms with Crippen LogP contribution in [0, 0.1) is 6.92 Å². The van der Waals surface area contributed by atoms with Crippen molar-refractivity contribution in [1.82, 2.24) is 0 Å². The highest BCUT2D eigenvalue weighted by atomic mass is 16.5. The van der Waals surface area contributed by atoms with Gasteiger partial charge >= 0.3 is 0 Å². The van der Waals surface area contributed by atoms with E-state index in [2.05, 4.69) is 6.92 Å². The number of aryl methyl sites for hydroxylation is 1. The second-order valence-corrected chi connectivity index (χ2v) is 3.02. The van der Waals surface area contributed by atoms with Crippen molar-refractivity contribution in [2.45, 2.75) is 13.3 Å². The Hall–Kier alpha value is -1.18. The molecule has 64 valence electrons. The molecule has 0 bridgehead atoms. The van der Waals surface area contributed by atoms with Crippen LogP contribution < -0.4 is 9.47 Å². The van der Waals surface area contributed by atoms with Gasteiger partial charge in [-0.15, -0.1) is 0 Å². The van der Waals surface area contributed by atoms with Crippen molar-refractivity contribution in [2.75, 3.05) is 13.7 Å². The third-order valence-corrected chi connectivity index (χ3v) is 2.25. The minimum atomic E-state index is 0.809. The standard InChI is InChI=1S/C10H12O2/c1-7-5-8(11-2)6-10-9(7)3-4-12-10/h5-6H,3-4H2,1-2H3. The van der Waals surface area contributed by atoms with E-state index in [1.165, 1.54) is 11.1 Å². The fourth-order valence-electron chi connectivity index (χ4n) is 1.58. The molecule has 0 fully saturated rings. The number of ether oxygens (including phenoxy) is 2. The molecular formula is C10H12O2. The van der Waals surface area contributed by atoms with Crippen molar-refractivity contribution >= 4 is 0 Å². The summed E-state index contributed by atoms with van der Waals surface area (Å²) in [6.45, 7) is 2.90. The van der Waals surface area contributed by atoms with Gasteiger partial charge in [-0.25, -0.2) is 0 Å². The molecule has 1 aliphatic heterocycles. The molecule has 0 spiro atoms. The number of methoxy groups -OCH3 is 1. The van der Waals surface area contributed by atoms with E-state index in [1.807, 2.05) is 12.1 Å². The van der Waals surface area contributed by atoms with Crippen LogP contribution in [0.25, 0.3) is 0 Å². The van der Waals surface area contributed by atoms with Crippen molar-refractivity contribution < 1.29 is 9.47 Å². The Balaban J connectivity index is 2.51. The molecule has 1 aromatic carbocycles. The van der Waals surface area contributed by atoms with E-state index < -0.39 is 0 Å². The molecule has 0 saturated heterocycles. The number of benzene rings is 1. The molecule has 0 N–H and O–H groups in total. The minimum absolute atomic E-state index is 0.809. The molecule has 1 aromatic rings. The number of fused-ring (bicyclic) bond motifs is 1. The molecule has 2 rings (SSSR count). The maximum absolute atomic E-state index is 5.44. The number of hydrogen-bond acceptors (Lipinski definition) is 2. The van der Waals surface area contributed by atoms with Gasteiger partial charge in [0, 0.05) is 18.1 Å². The summed E-state index contributed by atoms with van der Waals surface area (Å²) in [5.41, 5.74) is 2.60. The van der Waals surface area contributed by atoms with Crippen molar-refractivity contribution in [2.24, 2.45) is 0 Å². The summed E-state index contributed by atoms with van der Waals surface area (Å²) in [6.07, 6.45) is 1.03. The highest BCUT2D eigenvalue weighted by Gasteiger charge is 2.15. The Morgan fingerprint density at radius 2 is 2.25 bits per heavy atom. The third-order valence-electron chi connectivity index (χ3n) is 2.25. The van der Waals surface area contributed by atoms with Gasteiger partial charge in [-0.3, -0.25) is 0 Å². The molecule has 0 amide bonds. The normalized spacial score (nSPS) is 13.8. The first kappa shape index (κ1) is 7.47. The number of rotatable bonds is 1. The quantitative estimate of drug-likeness (QED) is 0.631. The molecule has 2 heteroatoms. The molecule has 12 heavy (non-hydrogen) atoms. The molecule has 2 nitrogen and oxygen atoms in total. The summed E-state index contributed by atoms with van der Waals surface area (Å²) in [5, 5.41) is 0. The van der Waals surface area contributed by atoms with E-state index >= 15 is 0 Å². The van der Waals surface area contributed by atoms with Crippen molar-refractivity contribution in [3.63, 3.8) is 0 Å². The third kappa shape index (κ3) is 1.04. The SMILES string of the molecule is COc1cc(C)c2c(c1)OCC2. The van der Waals surface area contributed by atoms with Crippen molar-refractivity contribution in [3.05, 3.63) is 23.3 Å².